The molecule has 2 fully saturated rings. The van der Waals surface area contributed by atoms with Gasteiger partial charge in [0.1, 0.15) is 0 Å². The van der Waals surface area contributed by atoms with Gasteiger partial charge in [-0.15, -0.1) is 19.7 Å². The molecule has 0 radical (unpaired) electrons. The number of rotatable bonds is 9. The Kier molecular flexibility index (Phi) is 16.3. The summed E-state index contributed by atoms with van der Waals surface area (Å²) in [6.45, 7) is 24.5. The number of nitrogens with one attached hydrogen (secondary N) is 1. The van der Waals surface area contributed by atoms with E-state index in [2.05, 4.69) is 57.6 Å². The van der Waals surface area contributed by atoms with Gasteiger partial charge in [-0.05, 0) is 63.1 Å². The lowest BCUT2D eigenvalue weighted by Crippen LogP contribution is -2.17. The van der Waals surface area contributed by atoms with Crippen molar-refractivity contribution in [3.05, 3.63) is 38.0 Å². The van der Waals surface area contributed by atoms with E-state index in [1.165, 1.54) is 38.8 Å². The van der Waals surface area contributed by atoms with Gasteiger partial charge < -0.3 is 15.3 Å². The highest BCUT2D eigenvalue weighted by Crippen LogP contribution is 2.22. The molecular weight excluding hydrogens is 356 g/mol. The minimum absolute atomic E-state index is 0.136. The molecule has 0 aliphatic carbocycles. The second-order valence-electron chi connectivity index (χ2n) is 9.07. The maximum Gasteiger partial charge on any atom is 0.0710 e. The SMILES string of the molecule is C=CC[C@@H](CC)[C@H](C)CC.C=CC[C@H]1CN(C)C[C@H]1O.C=CC[C@H]1CNC[C@H]1C. The molecule has 2 heterocycles. The van der Waals surface area contributed by atoms with E-state index in [1.54, 1.807) is 0 Å². The van der Waals surface area contributed by atoms with E-state index in [0.29, 0.717) is 5.92 Å². The molecular formula is C26H50N2O. The zero-order valence-electron chi connectivity index (χ0n) is 20.1. The Labute approximate surface area is 182 Å². The van der Waals surface area contributed by atoms with E-state index < -0.39 is 0 Å². The highest BCUT2D eigenvalue weighted by molar-refractivity contribution is 4.86. The smallest absolute Gasteiger partial charge is 0.0710 e. The predicted octanol–water partition coefficient (Wildman–Crippen LogP) is 5.54. The minimum Gasteiger partial charge on any atom is -0.391 e. The van der Waals surface area contributed by atoms with E-state index in [-0.39, 0.29) is 6.10 Å². The van der Waals surface area contributed by atoms with Crippen molar-refractivity contribution in [3.8, 4) is 0 Å². The molecule has 6 atom stereocenters. The van der Waals surface area contributed by atoms with Crippen molar-refractivity contribution in [1.29, 1.82) is 0 Å². The lowest BCUT2D eigenvalue weighted by atomic mass is 9.87. The Morgan fingerprint density at radius 3 is 2.00 bits per heavy atom. The average molecular weight is 407 g/mol. The molecule has 0 amide bonds. The number of likely N-dealkylation sites (tertiary alicyclic amines) is 1. The van der Waals surface area contributed by atoms with E-state index in [0.717, 1.165) is 43.2 Å². The van der Waals surface area contributed by atoms with Crippen molar-refractivity contribution in [2.24, 2.45) is 29.6 Å². The highest BCUT2D eigenvalue weighted by Gasteiger charge is 2.27. The molecule has 3 nitrogen and oxygen atoms in total. The standard InChI is InChI=1S/C10H20.C8H15NO.C8H15N/c1-5-8-10(7-3)9(4)6-2;1-3-4-7-5-9(2)6-8(7)10;1-3-4-8-6-9-5-7(8)2/h5,9-10H,1,6-8H2,2-4H3;3,7-8,10H,1,4-6H2,2H3;3,7-9H,1,4-6H2,2H3/t9-,10-;2*7-,8+/m101/s1. The van der Waals surface area contributed by atoms with E-state index in [9.17, 15) is 5.11 Å². The molecule has 0 aromatic heterocycles. The average Bonchev–Trinajstić information content (AvgIpc) is 3.25. The fourth-order valence-electron chi connectivity index (χ4n) is 4.25. The number of hydrogen-bond donors (Lipinski definition) is 2. The first kappa shape index (κ1) is 28.1. The summed E-state index contributed by atoms with van der Waals surface area (Å²) in [5, 5.41) is 12.8. The molecule has 0 unspecified atom stereocenters. The molecule has 0 spiro atoms. The van der Waals surface area contributed by atoms with E-state index in [4.69, 9.17) is 0 Å². The fourth-order valence-corrected chi connectivity index (χ4v) is 4.25. The van der Waals surface area contributed by atoms with Crippen LogP contribution in [0.4, 0.5) is 0 Å². The van der Waals surface area contributed by atoms with Crippen LogP contribution in [0.5, 0.6) is 0 Å². The predicted molar refractivity (Wildman–Crippen MR) is 130 cm³/mol. The molecule has 0 aromatic carbocycles. The summed E-state index contributed by atoms with van der Waals surface area (Å²) in [4.78, 5) is 2.15. The quantitative estimate of drug-likeness (QED) is 0.494. The number of aliphatic hydroxyl groups is 1. The molecule has 2 aliphatic heterocycles. The first-order chi connectivity index (χ1) is 13.8. The zero-order valence-corrected chi connectivity index (χ0v) is 20.1. The van der Waals surface area contributed by atoms with Crippen LogP contribution in [0.1, 0.15) is 59.8 Å². The summed E-state index contributed by atoms with van der Waals surface area (Å²) in [7, 11) is 2.03. The summed E-state index contributed by atoms with van der Waals surface area (Å²) in [6, 6.07) is 0. The molecule has 2 saturated heterocycles. The summed E-state index contributed by atoms with van der Waals surface area (Å²) in [5.41, 5.74) is 0. The van der Waals surface area contributed by atoms with Gasteiger partial charge in [-0.3, -0.25) is 0 Å². The van der Waals surface area contributed by atoms with Crippen molar-refractivity contribution >= 4 is 0 Å². The Morgan fingerprint density at radius 1 is 1.00 bits per heavy atom. The number of allylic oxidation sites excluding steroid dienone is 3. The molecule has 2 rings (SSSR count). The van der Waals surface area contributed by atoms with Gasteiger partial charge in [0.2, 0.25) is 0 Å². The lowest BCUT2D eigenvalue weighted by molar-refractivity contribution is 0.144. The second-order valence-corrected chi connectivity index (χ2v) is 9.07. The summed E-state index contributed by atoms with van der Waals surface area (Å²) >= 11 is 0. The van der Waals surface area contributed by atoms with Gasteiger partial charge in [-0.25, -0.2) is 0 Å². The minimum atomic E-state index is -0.136. The number of nitrogens with zero attached hydrogens (tertiary/aromatic N) is 1. The summed E-state index contributed by atoms with van der Waals surface area (Å²) in [5.74, 6) is 3.85. The summed E-state index contributed by atoms with van der Waals surface area (Å²) < 4.78 is 0. The van der Waals surface area contributed by atoms with Gasteiger partial charge in [0.25, 0.3) is 0 Å². The van der Waals surface area contributed by atoms with Gasteiger partial charge in [0, 0.05) is 19.0 Å². The number of likely N-dealkylation sites (N-methyl/N-ethyl adjacent to an activating group) is 1. The first-order valence-electron chi connectivity index (χ1n) is 11.7. The van der Waals surface area contributed by atoms with Crippen molar-refractivity contribution in [2.45, 2.75) is 65.9 Å². The van der Waals surface area contributed by atoms with Crippen LogP contribution in [0.2, 0.25) is 0 Å². The van der Waals surface area contributed by atoms with Crippen LogP contribution in [0.3, 0.4) is 0 Å². The number of hydrogen-bond acceptors (Lipinski definition) is 3. The molecule has 170 valence electrons. The van der Waals surface area contributed by atoms with Crippen LogP contribution in [-0.4, -0.2) is 49.3 Å². The van der Waals surface area contributed by atoms with Gasteiger partial charge in [0.15, 0.2) is 0 Å². The first-order valence-corrected chi connectivity index (χ1v) is 11.7. The Morgan fingerprint density at radius 2 is 1.62 bits per heavy atom. The third-order valence-electron chi connectivity index (χ3n) is 6.65. The third kappa shape index (κ3) is 11.8. The molecule has 2 aliphatic rings. The Hall–Kier alpha value is -0.900. The Bertz CT molecular complexity index is 424. The van der Waals surface area contributed by atoms with Crippen molar-refractivity contribution in [3.63, 3.8) is 0 Å². The van der Waals surface area contributed by atoms with Crippen LogP contribution < -0.4 is 5.32 Å². The van der Waals surface area contributed by atoms with Gasteiger partial charge >= 0.3 is 0 Å². The topological polar surface area (TPSA) is 35.5 Å². The van der Waals surface area contributed by atoms with Gasteiger partial charge in [-0.2, -0.15) is 0 Å². The second kappa shape index (κ2) is 16.8. The van der Waals surface area contributed by atoms with E-state index in [1.807, 2.05) is 25.3 Å². The van der Waals surface area contributed by atoms with Crippen LogP contribution >= 0.6 is 0 Å². The van der Waals surface area contributed by atoms with Crippen molar-refractivity contribution < 1.29 is 5.11 Å². The van der Waals surface area contributed by atoms with Crippen LogP contribution in [-0.2, 0) is 0 Å². The largest absolute Gasteiger partial charge is 0.391 e. The van der Waals surface area contributed by atoms with Crippen LogP contribution in [0.15, 0.2) is 38.0 Å². The maximum absolute atomic E-state index is 9.40. The van der Waals surface area contributed by atoms with Gasteiger partial charge in [-0.1, -0.05) is 58.8 Å². The van der Waals surface area contributed by atoms with E-state index >= 15 is 0 Å². The highest BCUT2D eigenvalue weighted by atomic mass is 16.3. The molecule has 2 N–H and O–H groups in total. The maximum atomic E-state index is 9.40. The normalized spacial score (nSPS) is 28.3. The van der Waals surface area contributed by atoms with Gasteiger partial charge in [0.05, 0.1) is 6.10 Å². The van der Waals surface area contributed by atoms with Crippen LogP contribution in [0.25, 0.3) is 0 Å². The Balaban J connectivity index is 0.000000406. The third-order valence-corrected chi connectivity index (χ3v) is 6.65. The molecule has 0 saturated carbocycles. The van der Waals surface area contributed by atoms with Crippen LogP contribution in [0, 0.1) is 29.6 Å². The monoisotopic (exact) mass is 406 g/mol. The van der Waals surface area contributed by atoms with Crippen molar-refractivity contribution in [2.75, 3.05) is 33.2 Å². The zero-order chi connectivity index (χ0) is 22.2. The van der Waals surface area contributed by atoms with Crippen molar-refractivity contribution in [1.82, 2.24) is 10.2 Å². The fraction of sp³-hybridized carbons (Fsp3) is 0.769. The summed E-state index contributed by atoms with van der Waals surface area (Å²) in [6.07, 6.45) is 11.7. The molecule has 0 aromatic rings. The lowest BCUT2D eigenvalue weighted by Gasteiger charge is -2.19. The molecule has 3 heteroatoms. The number of β-amino-alcohol motifs (C(OH)–C–C–N with tert-alkyl or cyclic N) is 1. The number of aliphatic hydroxyl groups excluding tert-OH is 1. The molecule has 29 heavy (non-hydrogen) atoms. The molecule has 0 bridgehead atoms.